The Morgan fingerprint density at radius 3 is 2.59 bits per heavy atom. The van der Waals surface area contributed by atoms with Crippen molar-refractivity contribution in [3.8, 4) is 0 Å². The summed E-state index contributed by atoms with van der Waals surface area (Å²) >= 11 is 17.9. The summed E-state index contributed by atoms with van der Waals surface area (Å²) in [4.78, 5) is 29.4. The van der Waals surface area contributed by atoms with Crippen molar-refractivity contribution in [3.05, 3.63) is 63.1 Å². The number of carbonyl (C=O) groups is 2. The van der Waals surface area contributed by atoms with Gasteiger partial charge in [0, 0.05) is 28.3 Å². The lowest BCUT2D eigenvalue weighted by Gasteiger charge is -2.45. The van der Waals surface area contributed by atoms with Crippen LogP contribution in [0, 0.1) is 0 Å². The highest BCUT2D eigenvalue weighted by atomic mass is 35.5. The van der Waals surface area contributed by atoms with Gasteiger partial charge in [-0.1, -0.05) is 36.2 Å². The molecule has 4 rings (SSSR count). The van der Waals surface area contributed by atoms with Crippen LogP contribution in [-0.4, -0.2) is 29.5 Å². The molecule has 0 spiro atoms. The lowest BCUT2D eigenvalue weighted by Crippen LogP contribution is -2.54. The van der Waals surface area contributed by atoms with Crippen LogP contribution in [-0.2, 0) is 9.59 Å². The fourth-order valence-electron chi connectivity index (χ4n) is 4.38. The SMILES string of the molecule is C[C@@H]1CC(C)(C)N(C)c2cc(Cl)c(/C=C3\C(=O)NC(=S)N(c4cccc(Cl)c4)C3=O)cc21. The lowest BCUT2D eigenvalue weighted by molar-refractivity contribution is -0.122. The molecule has 2 heterocycles. The number of anilines is 2. The van der Waals surface area contributed by atoms with E-state index in [0.717, 1.165) is 17.7 Å². The Hall–Kier alpha value is -2.41. The summed E-state index contributed by atoms with van der Waals surface area (Å²) in [6.45, 7) is 6.58. The zero-order valence-electron chi connectivity index (χ0n) is 18.2. The molecule has 8 heteroatoms. The van der Waals surface area contributed by atoms with Gasteiger partial charge in [-0.25, -0.2) is 0 Å². The molecule has 1 N–H and O–H groups in total. The predicted molar refractivity (Wildman–Crippen MR) is 135 cm³/mol. The van der Waals surface area contributed by atoms with Crippen LogP contribution in [0.25, 0.3) is 6.08 Å². The quantitative estimate of drug-likeness (QED) is 0.342. The van der Waals surface area contributed by atoms with Crippen molar-refractivity contribution in [1.82, 2.24) is 5.32 Å². The number of hydrogen-bond donors (Lipinski definition) is 1. The maximum Gasteiger partial charge on any atom is 0.270 e. The highest BCUT2D eigenvalue weighted by Crippen LogP contribution is 2.44. The molecule has 2 aliphatic heterocycles. The average Bonchev–Trinajstić information content (AvgIpc) is 2.69. The van der Waals surface area contributed by atoms with Crippen molar-refractivity contribution in [3.63, 3.8) is 0 Å². The van der Waals surface area contributed by atoms with Gasteiger partial charge >= 0.3 is 0 Å². The minimum absolute atomic E-state index is 0.00209. The van der Waals surface area contributed by atoms with Gasteiger partial charge in [0.15, 0.2) is 5.11 Å². The largest absolute Gasteiger partial charge is 0.369 e. The van der Waals surface area contributed by atoms with Gasteiger partial charge in [0.1, 0.15) is 5.57 Å². The second kappa shape index (κ2) is 8.18. The number of benzene rings is 2. The molecular formula is C24H23Cl2N3O2S. The van der Waals surface area contributed by atoms with E-state index in [1.54, 1.807) is 24.3 Å². The molecule has 2 amide bonds. The molecule has 0 aromatic heterocycles. The van der Waals surface area contributed by atoms with E-state index in [9.17, 15) is 9.59 Å². The van der Waals surface area contributed by atoms with Crippen molar-refractivity contribution < 1.29 is 9.59 Å². The van der Waals surface area contributed by atoms with Crippen LogP contribution in [0.1, 0.15) is 44.2 Å². The fourth-order valence-corrected chi connectivity index (χ4v) is 5.06. The Morgan fingerprint density at radius 2 is 1.91 bits per heavy atom. The lowest BCUT2D eigenvalue weighted by atomic mass is 9.80. The molecule has 1 saturated heterocycles. The summed E-state index contributed by atoms with van der Waals surface area (Å²) in [6, 6.07) is 10.6. The highest BCUT2D eigenvalue weighted by Gasteiger charge is 2.36. The molecule has 0 bridgehead atoms. The Balaban J connectivity index is 1.78. The van der Waals surface area contributed by atoms with E-state index in [1.165, 1.54) is 11.0 Å². The number of amides is 2. The molecule has 0 saturated carbocycles. The average molecular weight is 488 g/mol. The number of carbonyl (C=O) groups excluding carboxylic acids is 2. The zero-order chi connectivity index (χ0) is 23.4. The van der Waals surface area contributed by atoms with E-state index in [4.69, 9.17) is 35.4 Å². The molecular weight excluding hydrogens is 465 g/mol. The standard InChI is InChI=1S/C24H23Cl2N3O2S/c1-13-12-24(2,3)28(4)20-11-19(26)14(8-17(13)20)9-18-21(30)27-23(32)29(22(18)31)16-7-5-6-15(25)10-16/h5-11,13H,12H2,1-4H3,(H,27,30,32)/b18-9+/t13-/m1/s1. The first-order chi connectivity index (χ1) is 15.0. The van der Waals surface area contributed by atoms with Crippen molar-refractivity contribution >= 4 is 69.8 Å². The van der Waals surface area contributed by atoms with E-state index in [2.05, 4.69) is 38.0 Å². The summed E-state index contributed by atoms with van der Waals surface area (Å²) in [6.07, 6.45) is 2.51. The number of nitrogens with one attached hydrogen (secondary N) is 1. The second-order valence-electron chi connectivity index (χ2n) is 8.85. The van der Waals surface area contributed by atoms with Gasteiger partial charge in [0.25, 0.3) is 11.8 Å². The Kier molecular flexibility index (Phi) is 5.82. The summed E-state index contributed by atoms with van der Waals surface area (Å²) in [5, 5.41) is 3.53. The normalized spacial score (nSPS) is 21.6. The number of rotatable bonds is 2. The summed E-state index contributed by atoms with van der Waals surface area (Å²) in [5.41, 5.74) is 3.24. The van der Waals surface area contributed by atoms with Gasteiger partial charge in [0.05, 0.1) is 5.69 Å². The zero-order valence-corrected chi connectivity index (χ0v) is 20.5. The Bertz CT molecular complexity index is 1190. The van der Waals surface area contributed by atoms with Crippen molar-refractivity contribution in [2.75, 3.05) is 16.8 Å². The number of hydrogen-bond acceptors (Lipinski definition) is 4. The third-order valence-electron chi connectivity index (χ3n) is 6.22. The topological polar surface area (TPSA) is 52.7 Å². The van der Waals surface area contributed by atoms with E-state index in [-0.39, 0.29) is 16.2 Å². The van der Waals surface area contributed by atoms with Gasteiger partial charge in [-0.15, -0.1) is 0 Å². The molecule has 0 radical (unpaired) electrons. The van der Waals surface area contributed by atoms with Gasteiger partial charge < -0.3 is 4.90 Å². The maximum atomic E-state index is 13.3. The molecule has 1 atom stereocenters. The molecule has 5 nitrogen and oxygen atoms in total. The molecule has 2 aromatic carbocycles. The molecule has 0 aliphatic carbocycles. The summed E-state index contributed by atoms with van der Waals surface area (Å²) in [5.74, 6) is -0.781. The Morgan fingerprint density at radius 1 is 1.19 bits per heavy atom. The summed E-state index contributed by atoms with van der Waals surface area (Å²) < 4.78 is 0. The first kappa shape index (κ1) is 22.8. The van der Waals surface area contributed by atoms with Crippen LogP contribution in [0.2, 0.25) is 10.0 Å². The summed E-state index contributed by atoms with van der Waals surface area (Å²) in [7, 11) is 2.06. The monoisotopic (exact) mass is 487 g/mol. The first-order valence-electron chi connectivity index (χ1n) is 10.2. The van der Waals surface area contributed by atoms with Crippen LogP contribution < -0.4 is 15.1 Å². The molecule has 32 heavy (non-hydrogen) atoms. The van der Waals surface area contributed by atoms with Crippen LogP contribution in [0.4, 0.5) is 11.4 Å². The predicted octanol–water partition coefficient (Wildman–Crippen LogP) is 5.55. The number of thiocarbonyl (C=S) groups is 1. The first-order valence-corrected chi connectivity index (χ1v) is 11.4. The van der Waals surface area contributed by atoms with Gasteiger partial charge in [0.2, 0.25) is 0 Å². The van der Waals surface area contributed by atoms with E-state index >= 15 is 0 Å². The molecule has 0 unspecified atom stereocenters. The third kappa shape index (κ3) is 3.91. The molecule has 2 aromatic rings. The number of fused-ring (bicyclic) bond motifs is 1. The van der Waals surface area contributed by atoms with E-state index < -0.39 is 11.8 Å². The molecule has 2 aliphatic rings. The van der Waals surface area contributed by atoms with Crippen molar-refractivity contribution in [1.29, 1.82) is 0 Å². The maximum absolute atomic E-state index is 13.3. The third-order valence-corrected chi connectivity index (χ3v) is 7.07. The highest BCUT2D eigenvalue weighted by molar-refractivity contribution is 7.80. The van der Waals surface area contributed by atoms with E-state index in [0.29, 0.717) is 27.2 Å². The second-order valence-corrected chi connectivity index (χ2v) is 10.1. The minimum Gasteiger partial charge on any atom is -0.369 e. The molecule has 1 fully saturated rings. The van der Waals surface area contributed by atoms with E-state index in [1.807, 2.05) is 12.1 Å². The number of nitrogens with zero attached hydrogens (tertiary/aromatic N) is 2. The van der Waals surface area contributed by atoms with Gasteiger partial charge in [-0.3, -0.25) is 19.8 Å². The van der Waals surface area contributed by atoms with Crippen molar-refractivity contribution in [2.45, 2.75) is 38.6 Å². The van der Waals surface area contributed by atoms with Crippen LogP contribution >= 0.6 is 35.4 Å². The Labute approximate surface area is 203 Å². The van der Waals surface area contributed by atoms with Gasteiger partial charge in [-0.2, -0.15) is 0 Å². The van der Waals surface area contributed by atoms with Crippen LogP contribution in [0.3, 0.4) is 0 Å². The van der Waals surface area contributed by atoms with Gasteiger partial charge in [-0.05, 0) is 85.9 Å². The minimum atomic E-state index is -0.557. The molecule has 166 valence electrons. The van der Waals surface area contributed by atoms with Crippen LogP contribution in [0.5, 0.6) is 0 Å². The fraction of sp³-hybridized carbons (Fsp3) is 0.292. The van der Waals surface area contributed by atoms with Crippen LogP contribution in [0.15, 0.2) is 42.0 Å². The number of halogens is 2. The smallest absolute Gasteiger partial charge is 0.270 e. The van der Waals surface area contributed by atoms with Crippen molar-refractivity contribution in [2.24, 2.45) is 0 Å².